The van der Waals surface area contributed by atoms with Gasteiger partial charge in [-0.3, -0.25) is 9.52 Å². The van der Waals surface area contributed by atoms with E-state index in [2.05, 4.69) is 15.0 Å². The summed E-state index contributed by atoms with van der Waals surface area (Å²) in [4.78, 5) is 31.4. The first-order chi connectivity index (χ1) is 18.3. The molecule has 2 fully saturated rings. The SMILES string of the molecule is CCOC(=O)c1cc([C@@H](C)NC(=O)C2CC2c2ccc(C(F)(F)F)nc2N2CCCC2)ccc1NS(C)(=O)=O. The van der Waals surface area contributed by atoms with E-state index < -0.39 is 39.8 Å². The van der Waals surface area contributed by atoms with Crippen LogP contribution in [0.3, 0.4) is 0 Å². The fourth-order valence-corrected chi connectivity index (χ4v) is 5.40. The third-order valence-corrected chi connectivity index (χ3v) is 7.41. The minimum atomic E-state index is -4.56. The summed E-state index contributed by atoms with van der Waals surface area (Å²) in [7, 11) is -3.65. The summed E-state index contributed by atoms with van der Waals surface area (Å²) < 4.78 is 70.8. The Hall–Kier alpha value is -3.35. The van der Waals surface area contributed by atoms with Crippen LogP contribution < -0.4 is 14.9 Å². The fraction of sp³-hybridized carbons (Fsp3) is 0.500. The Morgan fingerprint density at radius 2 is 1.87 bits per heavy atom. The first kappa shape index (κ1) is 28.7. The Balaban J connectivity index is 1.51. The van der Waals surface area contributed by atoms with Crippen molar-refractivity contribution in [3.63, 3.8) is 0 Å². The Bertz CT molecular complexity index is 1360. The van der Waals surface area contributed by atoms with Crippen molar-refractivity contribution in [3.8, 4) is 0 Å². The number of hydrogen-bond acceptors (Lipinski definition) is 7. The second-order valence-corrected chi connectivity index (χ2v) is 11.6. The number of nitrogens with zero attached hydrogens (tertiary/aromatic N) is 2. The van der Waals surface area contributed by atoms with Crippen LogP contribution in [0.25, 0.3) is 0 Å². The number of halogens is 3. The minimum Gasteiger partial charge on any atom is -0.462 e. The summed E-state index contributed by atoms with van der Waals surface area (Å²) in [5, 5.41) is 2.90. The maximum Gasteiger partial charge on any atom is 0.433 e. The highest BCUT2D eigenvalue weighted by Gasteiger charge is 2.47. The third kappa shape index (κ3) is 6.81. The Kier molecular flexibility index (Phi) is 8.10. The zero-order valence-corrected chi connectivity index (χ0v) is 22.7. The van der Waals surface area contributed by atoms with Gasteiger partial charge < -0.3 is 15.0 Å². The van der Waals surface area contributed by atoms with E-state index in [1.54, 1.807) is 19.9 Å². The molecule has 1 saturated carbocycles. The number of nitrogens with one attached hydrogen (secondary N) is 2. The van der Waals surface area contributed by atoms with Crippen LogP contribution in [0.2, 0.25) is 0 Å². The molecule has 0 spiro atoms. The molecule has 2 N–H and O–H groups in total. The van der Waals surface area contributed by atoms with Gasteiger partial charge in [-0.2, -0.15) is 13.2 Å². The Morgan fingerprint density at radius 3 is 2.49 bits per heavy atom. The Labute approximate surface area is 225 Å². The maximum atomic E-state index is 13.3. The quantitative estimate of drug-likeness (QED) is 0.435. The van der Waals surface area contributed by atoms with Gasteiger partial charge in [0.15, 0.2) is 0 Å². The molecular formula is C26H31F3N4O5S. The van der Waals surface area contributed by atoms with Crippen LogP contribution in [0.4, 0.5) is 24.7 Å². The number of pyridine rings is 1. The van der Waals surface area contributed by atoms with Crippen molar-refractivity contribution in [2.45, 2.75) is 51.2 Å². The van der Waals surface area contributed by atoms with E-state index in [-0.39, 0.29) is 29.7 Å². The van der Waals surface area contributed by atoms with E-state index in [0.717, 1.165) is 25.2 Å². The number of benzene rings is 1. The second kappa shape index (κ2) is 11.0. The average molecular weight is 569 g/mol. The third-order valence-electron chi connectivity index (χ3n) is 6.82. The lowest BCUT2D eigenvalue weighted by Crippen LogP contribution is -2.29. The van der Waals surface area contributed by atoms with Crippen LogP contribution in [0.1, 0.15) is 72.2 Å². The molecule has 2 heterocycles. The molecule has 1 saturated heterocycles. The second-order valence-electron chi connectivity index (χ2n) is 9.88. The molecule has 4 rings (SSSR count). The molecule has 0 radical (unpaired) electrons. The molecule has 1 amide bonds. The topological polar surface area (TPSA) is 118 Å². The highest BCUT2D eigenvalue weighted by atomic mass is 32.2. The summed E-state index contributed by atoms with van der Waals surface area (Å²) >= 11 is 0. The van der Waals surface area contributed by atoms with E-state index in [4.69, 9.17) is 4.74 Å². The normalized spacial score (nSPS) is 19.9. The number of aromatic nitrogens is 1. The smallest absolute Gasteiger partial charge is 0.433 e. The van der Waals surface area contributed by atoms with Crippen molar-refractivity contribution < 1.29 is 35.9 Å². The highest BCUT2D eigenvalue weighted by molar-refractivity contribution is 7.92. The molecule has 9 nitrogen and oxygen atoms in total. The largest absolute Gasteiger partial charge is 0.462 e. The Morgan fingerprint density at radius 1 is 1.18 bits per heavy atom. The van der Waals surface area contributed by atoms with Crippen LogP contribution >= 0.6 is 0 Å². The standard InChI is InChI=1S/C26H31F3N4O5S/c1-4-38-25(35)20-13-16(7-9-21(20)32-39(3,36)37)15(2)30-24(34)19-14-18(19)17-8-10-22(26(27,28)29)31-23(17)33-11-5-6-12-33/h7-10,13,15,18-19,32H,4-6,11-12,14H2,1-3H3,(H,30,34)/t15-,18?,19?/m1/s1. The van der Waals surface area contributed by atoms with E-state index in [1.165, 1.54) is 18.2 Å². The predicted molar refractivity (Wildman–Crippen MR) is 139 cm³/mol. The summed E-state index contributed by atoms with van der Waals surface area (Å²) in [6, 6.07) is 6.35. The lowest BCUT2D eigenvalue weighted by Gasteiger charge is -2.22. The van der Waals surface area contributed by atoms with Crippen LogP contribution in [-0.4, -0.2) is 51.2 Å². The van der Waals surface area contributed by atoms with Gasteiger partial charge in [-0.05, 0) is 68.4 Å². The van der Waals surface area contributed by atoms with E-state index in [0.29, 0.717) is 36.5 Å². The van der Waals surface area contributed by atoms with Gasteiger partial charge in [-0.25, -0.2) is 18.2 Å². The first-order valence-corrected chi connectivity index (χ1v) is 14.6. The summed E-state index contributed by atoms with van der Waals surface area (Å²) in [6.45, 7) is 4.68. The van der Waals surface area contributed by atoms with Crippen LogP contribution in [-0.2, 0) is 25.7 Å². The van der Waals surface area contributed by atoms with Crippen molar-refractivity contribution in [2.75, 3.05) is 35.6 Å². The number of esters is 1. The fourth-order valence-electron chi connectivity index (χ4n) is 4.82. The van der Waals surface area contributed by atoms with E-state index in [9.17, 15) is 31.2 Å². The van der Waals surface area contributed by atoms with Gasteiger partial charge in [-0.15, -0.1) is 0 Å². The molecular weight excluding hydrogens is 537 g/mol. The van der Waals surface area contributed by atoms with Gasteiger partial charge in [0.25, 0.3) is 0 Å². The van der Waals surface area contributed by atoms with Gasteiger partial charge in [0.05, 0.1) is 30.2 Å². The minimum absolute atomic E-state index is 0.0104. The average Bonchev–Trinajstić information content (AvgIpc) is 3.46. The molecule has 0 bridgehead atoms. The van der Waals surface area contributed by atoms with Crippen LogP contribution in [0.15, 0.2) is 30.3 Å². The van der Waals surface area contributed by atoms with Crippen molar-refractivity contribution >= 4 is 33.4 Å². The van der Waals surface area contributed by atoms with Gasteiger partial charge in [-0.1, -0.05) is 12.1 Å². The monoisotopic (exact) mass is 568 g/mol. The lowest BCUT2D eigenvalue weighted by molar-refractivity contribution is -0.141. The molecule has 212 valence electrons. The van der Waals surface area contributed by atoms with E-state index in [1.807, 2.05) is 4.90 Å². The predicted octanol–water partition coefficient (Wildman–Crippen LogP) is 4.23. The van der Waals surface area contributed by atoms with Crippen LogP contribution in [0, 0.1) is 5.92 Å². The number of ether oxygens (including phenoxy) is 1. The number of carbonyl (C=O) groups excluding carboxylic acids is 2. The van der Waals surface area contributed by atoms with Gasteiger partial charge in [0, 0.05) is 19.0 Å². The van der Waals surface area contributed by atoms with Crippen molar-refractivity contribution in [3.05, 3.63) is 52.7 Å². The molecule has 13 heteroatoms. The molecule has 3 atom stereocenters. The van der Waals surface area contributed by atoms with Gasteiger partial charge >= 0.3 is 12.1 Å². The van der Waals surface area contributed by atoms with Crippen molar-refractivity contribution in [1.29, 1.82) is 0 Å². The van der Waals surface area contributed by atoms with Crippen molar-refractivity contribution in [1.82, 2.24) is 10.3 Å². The summed E-state index contributed by atoms with van der Waals surface area (Å²) in [5.74, 6) is -1.36. The first-order valence-electron chi connectivity index (χ1n) is 12.7. The number of anilines is 2. The van der Waals surface area contributed by atoms with Crippen molar-refractivity contribution in [2.24, 2.45) is 5.92 Å². The number of alkyl halides is 3. The molecule has 2 aromatic rings. The summed E-state index contributed by atoms with van der Waals surface area (Å²) in [6.07, 6.45) is -1.37. The van der Waals surface area contributed by atoms with Gasteiger partial charge in [0.2, 0.25) is 15.9 Å². The number of rotatable bonds is 9. The molecule has 2 unspecified atom stereocenters. The highest BCUT2D eigenvalue weighted by Crippen LogP contribution is 2.51. The number of sulfonamides is 1. The number of amides is 1. The number of carbonyl (C=O) groups is 2. The zero-order chi connectivity index (χ0) is 28.5. The maximum absolute atomic E-state index is 13.3. The molecule has 1 aliphatic heterocycles. The molecule has 39 heavy (non-hydrogen) atoms. The molecule has 2 aliphatic rings. The van der Waals surface area contributed by atoms with E-state index >= 15 is 0 Å². The lowest BCUT2D eigenvalue weighted by atomic mass is 10.0. The van der Waals surface area contributed by atoms with Gasteiger partial charge in [0.1, 0.15) is 11.5 Å². The summed E-state index contributed by atoms with van der Waals surface area (Å²) in [5.41, 5.74) is 0.311. The molecule has 1 aromatic carbocycles. The number of hydrogen-bond donors (Lipinski definition) is 2. The molecule has 1 aliphatic carbocycles. The van der Waals surface area contributed by atoms with Crippen LogP contribution in [0.5, 0.6) is 0 Å². The zero-order valence-electron chi connectivity index (χ0n) is 21.8. The molecule has 1 aromatic heterocycles.